The van der Waals surface area contributed by atoms with Crippen LogP contribution in [0.2, 0.25) is 0 Å². The van der Waals surface area contributed by atoms with E-state index < -0.39 is 0 Å². The first kappa shape index (κ1) is 13.4. The Morgan fingerprint density at radius 3 is 2.89 bits per heavy atom. The van der Waals surface area contributed by atoms with E-state index in [1.807, 2.05) is 16.8 Å². The average molecular weight is 267 g/mol. The highest BCUT2D eigenvalue weighted by atomic mass is 32.1. The zero-order valence-corrected chi connectivity index (χ0v) is 12.0. The van der Waals surface area contributed by atoms with Crippen molar-refractivity contribution < 1.29 is 4.79 Å². The SMILES string of the molecule is Cc1ccsc1C1CN(CC(C)CN)C(=O)N1C. The maximum Gasteiger partial charge on any atom is 0.320 e. The van der Waals surface area contributed by atoms with Gasteiger partial charge in [-0.2, -0.15) is 0 Å². The van der Waals surface area contributed by atoms with Crippen molar-refractivity contribution in [3.8, 4) is 0 Å². The molecule has 2 N–H and O–H groups in total. The summed E-state index contributed by atoms with van der Waals surface area (Å²) in [4.78, 5) is 17.3. The number of aryl methyl sites for hydroxylation is 1. The van der Waals surface area contributed by atoms with Gasteiger partial charge in [0.05, 0.1) is 6.04 Å². The Labute approximate surface area is 112 Å². The van der Waals surface area contributed by atoms with Gasteiger partial charge in [-0.1, -0.05) is 6.92 Å². The summed E-state index contributed by atoms with van der Waals surface area (Å²) in [6.45, 7) is 6.34. The highest BCUT2D eigenvalue weighted by Gasteiger charge is 2.36. The molecule has 2 unspecified atom stereocenters. The maximum atomic E-state index is 12.2. The van der Waals surface area contributed by atoms with Crippen LogP contribution in [0.4, 0.5) is 4.79 Å². The highest BCUT2D eigenvalue weighted by Crippen LogP contribution is 2.33. The average Bonchev–Trinajstić information content (AvgIpc) is 2.88. The van der Waals surface area contributed by atoms with Crippen molar-refractivity contribution in [3.05, 3.63) is 21.9 Å². The summed E-state index contributed by atoms with van der Waals surface area (Å²) in [5, 5.41) is 2.09. The molecular weight excluding hydrogens is 246 g/mol. The second-order valence-electron chi connectivity index (χ2n) is 5.12. The van der Waals surface area contributed by atoms with Crippen LogP contribution in [0.3, 0.4) is 0 Å². The number of carbonyl (C=O) groups excluding carboxylic acids is 1. The molecule has 2 amide bonds. The molecule has 5 heteroatoms. The van der Waals surface area contributed by atoms with Crippen molar-refractivity contribution in [1.29, 1.82) is 0 Å². The lowest BCUT2D eigenvalue weighted by Gasteiger charge is -2.19. The number of likely N-dealkylation sites (N-methyl/N-ethyl adjacent to an activating group) is 1. The molecule has 1 aliphatic heterocycles. The number of carbonyl (C=O) groups is 1. The Bertz CT molecular complexity index is 432. The Morgan fingerprint density at radius 1 is 1.61 bits per heavy atom. The molecule has 1 saturated heterocycles. The molecule has 1 aliphatic rings. The number of nitrogens with zero attached hydrogens (tertiary/aromatic N) is 2. The third kappa shape index (κ3) is 2.37. The van der Waals surface area contributed by atoms with Gasteiger partial charge in [0.1, 0.15) is 0 Å². The summed E-state index contributed by atoms with van der Waals surface area (Å²) in [7, 11) is 1.89. The van der Waals surface area contributed by atoms with E-state index >= 15 is 0 Å². The van der Waals surface area contributed by atoms with Gasteiger partial charge in [-0.15, -0.1) is 11.3 Å². The molecular formula is C13H21N3OS. The van der Waals surface area contributed by atoms with Gasteiger partial charge in [0.25, 0.3) is 0 Å². The summed E-state index contributed by atoms with van der Waals surface area (Å²) in [5.41, 5.74) is 6.91. The number of hydrogen-bond donors (Lipinski definition) is 1. The zero-order valence-electron chi connectivity index (χ0n) is 11.2. The predicted molar refractivity (Wildman–Crippen MR) is 74.7 cm³/mol. The summed E-state index contributed by atoms with van der Waals surface area (Å²) in [6.07, 6.45) is 0. The molecule has 18 heavy (non-hydrogen) atoms. The monoisotopic (exact) mass is 267 g/mol. The van der Waals surface area contributed by atoms with E-state index in [0.29, 0.717) is 12.5 Å². The summed E-state index contributed by atoms with van der Waals surface area (Å²) < 4.78 is 0. The van der Waals surface area contributed by atoms with E-state index in [1.54, 1.807) is 11.3 Å². The van der Waals surface area contributed by atoms with Gasteiger partial charge in [0.15, 0.2) is 0 Å². The van der Waals surface area contributed by atoms with E-state index in [1.165, 1.54) is 10.4 Å². The molecule has 4 nitrogen and oxygen atoms in total. The van der Waals surface area contributed by atoms with Crippen LogP contribution in [0.5, 0.6) is 0 Å². The van der Waals surface area contributed by atoms with Gasteiger partial charge in [0, 0.05) is 25.0 Å². The van der Waals surface area contributed by atoms with E-state index in [0.717, 1.165) is 13.1 Å². The molecule has 0 spiro atoms. The number of thiophene rings is 1. The molecule has 2 rings (SSSR count). The molecule has 0 saturated carbocycles. The van der Waals surface area contributed by atoms with E-state index in [2.05, 4.69) is 25.3 Å². The van der Waals surface area contributed by atoms with Gasteiger partial charge in [-0.05, 0) is 36.4 Å². The molecule has 2 atom stereocenters. The van der Waals surface area contributed by atoms with Crippen molar-refractivity contribution in [1.82, 2.24) is 9.80 Å². The zero-order chi connectivity index (χ0) is 13.3. The van der Waals surface area contributed by atoms with Crippen LogP contribution in [0.1, 0.15) is 23.4 Å². The number of nitrogens with two attached hydrogens (primary N) is 1. The van der Waals surface area contributed by atoms with Crippen molar-refractivity contribution in [2.24, 2.45) is 11.7 Å². The standard InChI is InChI=1S/C13H21N3OS/c1-9(6-14)7-16-8-11(15(3)13(16)17)12-10(2)4-5-18-12/h4-5,9,11H,6-8,14H2,1-3H3. The molecule has 1 aromatic rings. The Morgan fingerprint density at radius 2 is 2.33 bits per heavy atom. The van der Waals surface area contributed by atoms with E-state index in [9.17, 15) is 4.79 Å². The molecule has 0 bridgehead atoms. The number of rotatable bonds is 4. The molecule has 0 radical (unpaired) electrons. The minimum Gasteiger partial charge on any atom is -0.330 e. The van der Waals surface area contributed by atoms with Gasteiger partial charge in [0.2, 0.25) is 0 Å². The molecule has 0 aromatic carbocycles. The summed E-state index contributed by atoms with van der Waals surface area (Å²) in [6, 6.07) is 2.43. The second-order valence-corrected chi connectivity index (χ2v) is 6.07. The third-order valence-corrected chi connectivity index (χ3v) is 4.69. The van der Waals surface area contributed by atoms with Crippen LogP contribution in [-0.4, -0.2) is 42.5 Å². The van der Waals surface area contributed by atoms with Gasteiger partial charge in [-0.25, -0.2) is 4.79 Å². The van der Waals surface area contributed by atoms with Crippen LogP contribution < -0.4 is 5.73 Å². The maximum absolute atomic E-state index is 12.2. The lowest BCUT2D eigenvalue weighted by molar-refractivity contribution is 0.191. The Balaban J connectivity index is 2.12. The molecule has 0 aliphatic carbocycles. The third-order valence-electron chi connectivity index (χ3n) is 3.57. The largest absolute Gasteiger partial charge is 0.330 e. The van der Waals surface area contributed by atoms with Crippen molar-refractivity contribution >= 4 is 17.4 Å². The molecule has 1 aromatic heterocycles. The Hall–Kier alpha value is -1.07. The van der Waals surface area contributed by atoms with Crippen LogP contribution in [0.25, 0.3) is 0 Å². The van der Waals surface area contributed by atoms with Gasteiger partial charge in [-0.3, -0.25) is 0 Å². The first-order valence-corrected chi connectivity index (χ1v) is 7.18. The van der Waals surface area contributed by atoms with E-state index in [4.69, 9.17) is 5.73 Å². The summed E-state index contributed by atoms with van der Waals surface area (Å²) >= 11 is 1.73. The molecule has 2 heterocycles. The van der Waals surface area contributed by atoms with Crippen LogP contribution >= 0.6 is 11.3 Å². The highest BCUT2D eigenvalue weighted by molar-refractivity contribution is 7.10. The van der Waals surface area contributed by atoms with Crippen LogP contribution in [-0.2, 0) is 0 Å². The molecule has 1 fully saturated rings. The fraction of sp³-hybridized carbons (Fsp3) is 0.615. The topological polar surface area (TPSA) is 49.6 Å². The van der Waals surface area contributed by atoms with Crippen LogP contribution in [0.15, 0.2) is 11.4 Å². The minimum atomic E-state index is 0.119. The number of urea groups is 1. The second kappa shape index (κ2) is 5.28. The first-order valence-electron chi connectivity index (χ1n) is 6.30. The lowest BCUT2D eigenvalue weighted by atomic mass is 10.1. The fourth-order valence-electron chi connectivity index (χ4n) is 2.35. The van der Waals surface area contributed by atoms with Crippen molar-refractivity contribution in [2.75, 3.05) is 26.7 Å². The van der Waals surface area contributed by atoms with Gasteiger partial charge < -0.3 is 15.5 Å². The predicted octanol–water partition coefficient (Wildman–Crippen LogP) is 2.06. The minimum absolute atomic E-state index is 0.119. The number of hydrogen-bond acceptors (Lipinski definition) is 3. The van der Waals surface area contributed by atoms with E-state index in [-0.39, 0.29) is 12.1 Å². The quantitative estimate of drug-likeness (QED) is 0.908. The smallest absolute Gasteiger partial charge is 0.320 e. The van der Waals surface area contributed by atoms with Crippen molar-refractivity contribution in [3.63, 3.8) is 0 Å². The number of amides is 2. The van der Waals surface area contributed by atoms with Crippen LogP contribution in [0, 0.1) is 12.8 Å². The Kier molecular flexibility index (Phi) is 3.92. The normalized spacial score (nSPS) is 21.8. The van der Waals surface area contributed by atoms with Crippen molar-refractivity contribution in [2.45, 2.75) is 19.9 Å². The first-order chi connectivity index (χ1) is 8.54. The fourth-order valence-corrected chi connectivity index (χ4v) is 3.42. The van der Waals surface area contributed by atoms with Gasteiger partial charge >= 0.3 is 6.03 Å². The molecule has 100 valence electrons. The lowest BCUT2D eigenvalue weighted by Crippen LogP contribution is -2.34. The summed E-state index contributed by atoms with van der Waals surface area (Å²) in [5.74, 6) is 0.352.